The highest BCUT2D eigenvalue weighted by molar-refractivity contribution is 5.76. The lowest BCUT2D eigenvalue weighted by atomic mass is 9.96. The molecule has 2 aliphatic rings. The van der Waals surface area contributed by atoms with E-state index in [-0.39, 0.29) is 5.92 Å². The van der Waals surface area contributed by atoms with Crippen molar-refractivity contribution in [3.63, 3.8) is 0 Å². The monoisotopic (exact) mass is 397 g/mol. The lowest BCUT2D eigenvalue weighted by Crippen LogP contribution is -2.39. The van der Waals surface area contributed by atoms with Gasteiger partial charge in [-0.2, -0.15) is 4.98 Å². The third-order valence-corrected chi connectivity index (χ3v) is 6.13. The smallest absolute Gasteiger partial charge is 0.231 e. The van der Waals surface area contributed by atoms with Crippen LogP contribution in [0, 0.1) is 5.92 Å². The van der Waals surface area contributed by atoms with Gasteiger partial charge in [-0.1, -0.05) is 48.3 Å². The van der Waals surface area contributed by atoms with Crippen LogP contribution in [0.5, 0.6) is 0 Å². The Bertz CT molecular complexity index is 771. The summed E-state index contributed by atoms with van der Waals surface area (Å²) in [4.78, 5) is 19.3. The third kappa shape index (κ3) is 5.66. The lowest BCUT2D eigenvalue weighted by Gasteiger charge is -2.31. The summed E-state index contributed by atoms with van der Waals surface area (Å²) in [5, 5.41) is 4.12. The Morgan fingerprint density at radius 1 is 1.14 bits per heavy atom. The number of carbonyl (C=O) groups is 1. The largest absolute Gasteiger partial charge is 0.376 e. The number of likely N-dealkylation sites (tertiary alicyclic amines) is 1. The van der Waals surface area contributed by atoms with Gasteiger partial charge in [0.25, 0.3) is 0 Å². The maximum Gasteiger partial charge on any atom is 0.231 e. The summed E-state index contributed by atoms with van der Waals surface area (Å²) in [5.41, 5.74) is 1.16. The van der Waals surface area contributed by atoms with Crippen LogP contribution in [0.25, 0.3) is 0 Å². The SMILES string of the molecule is O=C(CC1CCCC1)N1CCCC(c2nc(CCOCc3ccccc3)no2)C1. The molecule has 1 amide bonds. The van der Waals surface area contributed by atoms with Crippen LogP contribution in [0.3, 0.4) is 0 Å². The van der Waals surface area contributed by atoms with E-state index in [2.05, 4.69) is 22.3 Å². The molecule has 1 saturated carbocycles. The van der Waals surface area contributed by atoms with E-state index in [4.69, 9.17) is 9.26 Å². The van der Waals surface area contributed by atoms with Gasteiger partial charge in [0.2, 0.25) is 11.8 Å². The Balaban J connectivity index is 1.23. The fourth-order valence-corrected chi connectivity index (χ4v) is 4.46. The molecule has 2 aromatic rings. The van der Waals surface area contributed by atoms with Crippen LogP contribution >= 0.6 is 0 Å². The minimum absolute atomic E-state index is 0.155. The Morgan fingerprint density at radius 2 is 1.97 bits per heavy atom. The van der Waals surface area contributed by atoms with Crippen LogP contribution in [0.1, 0.15) is 68.1 Å². The quantitative estimate of drug-likeness (QED) is 0.627. The molecule has 0 bridgehead atoms. The summed E-state index contributed by atoms with van der Waals surface area (Å²) in [6, 6.07) is 10.1. The zero-order valence-corrected chi connectivity index (χ0v) is 17.1. The van der Waals surface area contributed by atoms with Crippen molar-refractivity contribution in [2.75, 3.05) is 19.7 Å². The van der Waals surface area contributed by atoms with E-state index in [0.717, 1.165) is 24.9 Å². The fourth-order valence-electron chi connectivity index (χ4n) is 4.46. The Labute approximate surface area is 172 Å². The first kappa shape index (κ1) is 20.1. The molecule has 2 heterocycles. The number of hydrogen-bond acceptors (Lipinski definition) is 5. The van der Waals surface area contributed by atoms with E-state index in [1.807, 2.05) is 23.1 Å². The molecule has 156 valence electrons. The summed E-state index contributed by atoms with van der Waals surface area (Å²) in [7, 11) is 0. The van der Waals surface area contributed by atoms with Gasteiger partial charge in [-0.05, 0) is 37.2 Å². The van der Waals surface area contributed by atoms with Gasteiger partial charge in [0, 0.05) is 25.9 Å². The predicted molar refractivity (Wildman–Crippen MR) is 109 cm³/mol. The van der Waals surface area contributed by atoms with Gasteiger partial charge in [-0.3, -0.25) is 4.79 Å². The molecule has 0 N–H and O–H groups in total. The number of ether oxygens (including phenoxy) is 1. The van der Waals surface area contributed by atoms with Crippen LogP contribution in [0.2, 0.25) is 0 Å². The third-order valence-electron chi connectivity index (χ3n) is 6.13. The summed E-state index contributed by atoms with van der Waals surface area (Å²) < 4.78 is 11.2. The van der Waals surface area contributed by atoms with Crippen molar-refractivity contribution in [1.82, 2.24) is 15.0 Å². The maximum atomic E-state index is 12.7. The Morgan fingerprint density at radius 3 is 2.79 bits per heavy atom. The van der Waals surface area contributed by atoms with Crippen molar-refractivity contribution >= 4 is 5.91 Å². The van der Waals surface area contributed by atoms with Gasteiger partial charge >= 0.3 is 0 Å². The molecule has 0 radical (unpaired) electrons. The highest BCUT2D eigenvalue weighted by Crippen LogP contribution is 2.30. The molecule has 6 nitrogen and oxygen atoms in total. The molecular weight excluding hydrogens is 366 g/mol. The second kappa shape index (κ2) is 10.0. The highest BCUT2D eigenvalue weighted by atomic mass is 16.5. The highest BCUT2D eigenvalue weighted by Gasteiger charge is 2.30. The second-order valence-corrected chi connectivity index (χ2v) is 8.37. The predicted octanol–water partition coefficient (Wildman–Crippen LogP) is 4.12. The molecule has 4 rings (SSSR count). The minimum atomic E-state index is 0.155. The zero-order chi connectivity index (χ0) is 19.9. The van der Waals surface area contributed by atoms with Gasteiger partial charge in [0.1, 0.15) is 0 Å². The van der Waals surface area contributed by atoms with Gasteiger partial charge < -0.3 is 14.2 Å². The minimum Gasteiger partial charge on any atom is -0.376 e. The average Bonchev–Trinajstić information content (AvgIpc) is 3.44. The van der Waals surface area contributed by atoms with Crippen molar-refractivity contribution in [3.8, 4) is 0 Å². The average molecular weight is 398 g/mol. The van der Waals surface area contributed by atoms with Gasteiger partial charge in [0.05, 0.1) is 19.1 Å². The number of hydrogen-bond donors (Lipinski definition) is 0. The van der Waals surface area contributed by atoms with E-state index >= 15 is 0 Å². The van der Waals surface area contributed by atoms with Crippen molar-refractivity contribution in [2.45, 2.75) is 63.9 Å². The lowest BCUT2D eigenvalue weighted by molar-refractivity contribution is -0.133. The molecule has 2 fully saturated rings. The van der Waals surface area contributed by atoms with Crippen molar-refractivity contribution < 1.29 is 14.1 Å². The van der Waals surface area contributed by atoms with Gasteiger partial charge in [0.15, 0.2) is 5.82 Å². The molecule has 29 heavy (non-hydrogen) atoms. The van der Waals surface area contributed by atoms with Crippen molar-refractivity contribution in [3.05, 3.63) is 47.6 Å². The van der Waals surface area contributed by atoms with Crippen molar-refractivity contribution in [1.29, 1.82) is 0 Å². The maximum absolute atomic E-state index is 12.7. The first-order chi connectivity index (χ1) is 14.3. The van der Waals surface area contributed by atoms with E-state index in [0.29, 0.717) is 56.1 Å². The van der Waals surface area contributed by atoms with Gasteiger partial charge in [-0.15, -0.1) is 0 Å². The normalized spacial score (nSPS) is 20.3. The first-order valence-corrected chi connectivity index (χ1v) is 11.0. The fraction of sp³-hybridized carbons (Fsp3) is 0.609. The number of nitrogens with zero attached hydrogens (tertiary/aromatic N) is 3. The molecule has 1 aliphatic carbocycles. The van der Waals surface area contributed by atoms with Crippen LogP contribution in [-0.4, -0.2) is 40.6 Å². The molecule has 6 heteroatoms. The van der Waals surface area contributed by atoms with Crippen LogP contribution in [-0.2, 0) is 22.6 Å². The Hall–Kier alpha value is -2.21. The van der Waals surface area contributed by atoms with E-state index in [1.165, 1.54) is 25.7 Å². The molecule has 1 unspecified atom stereocenters. The molecule has 1 saturated heterocycles. The topological polar surface area (TPSA) is 68.5 Å². The number of carbonyl (C=O) groups excluding carboxylic acids is 1. The molecule has 1 aromatic carbocycles. The second-order valence-electron chi connectivity index (χ2n) is 8.37. The zero-order valence-electron chi connectivity index (χ0n) is 17.1. The van der Waals surface area contributed by atoms with Crippen molar-refractivity contribution in [2.24, 2.45) is 5.92 Å². The van der Waals surface area contributed by atoms with Crippen LogP contribution in [0.15, 0.2) is 34.9 Å². The summed E-state index contributed by atoms with van der Waals surface area (Å²) in [6.45, 7) is 2.71. The number of aromatic nitrogens is 2. The number of amides is 1. The van der Waals surface area contributed by atoms with Crippen LogP contribution < -0.4 is 0 Å². The molecule has 0 spiro atoms. The number of piperidine rings is 1. The van der Waals surface area contributed by atoms with E-state index < -0.39 is 0 Å². The summed E-state index contributed by atoms with van der Waals surface area (Å²) in [6.07, 6.45) is 8.32. The molecule has 1 aromatic heterocycles. The van der Waals surface area contributed by atoms with E-state index in [1.54, 1.807) is 0 Å². The summed E-state index contributed by atoms with van der Waals surface area (Å²) in [5.74, 6) is 2.40. The summed E-state index contributed by atoms with van der Waals surface area (Å²) >= 11 is 0. The standard InChI is InChI=1S/C23H31N3O3/c27-22(15-18-7-4-5-8-18)26-13-6-11-20(16-26)23-24-21(25-29-23)12-14-28-17-19-9-2-1-3-10-19/h1-3,9-10,18,20H,4-8,11-17H2. The van der Waals surface area contributed by atoms with Crippen LogP contribution in [0.4, 0.5) is 0 Å². The number of benzene rings is 1. The Kier molecular flexibility index (Phi) is 6.93. The van der Waals surface area contributed by atoms with E-state index in [9.17, 15) is 4.79 Å². The van der Waals surface area contributed by atoms with Gasteiger partial charge in [-0.25, -0.2) is 0 Å². The molecular formula is C23H31N3O3. The number of rotatable bonds is 8. The first-order valence-electron chi connectivity index (χ1n) is 11.0. The molecule has 1 aliphatic heterocycles. The molecule has 1 atom stereocenters.